The van der Waals surface area contributed by atoms with Crippen molar-refractivity contribution in [3.8, 4) is 0 Å². The highest BCUT2D eigenvalue weighted by atomic mass is 16.5. The number of aliphatic imine (C=N–C) groups is 1. The van der Waals surface area contributed by atoms with Gasteiger partial charge < -0.3 is 10.1 Å². The van der Waals surface area contributed by atoms with Gasteiger partial charge in [-0.2, -0.15) is 0 Å². The summed E-state index contributed by atoms with van der Waals surface area (Å²) in [5.41, 5.74) is 1.34. The Bertz CT molecular complexity index is 396. The number of ether oxygens (including phenoxy) is 1. The summed E-state index contributed by atoms with van der Waals surface area (Å²) < 4.78 is 5.71. The third-order valence-corrected chi connectivity index (χ3v) is 3.41. The van der Waals surface area contributed by atoms with Crippen molar-refractivity contribution in [1.82, 2.24) is 5.32 Å². The Balaban J connectivity index is 1.62. The van der Waals surface area contributed by atoms with Crippen LogP contribution in [-0.2, 0) is 11.2 Å². The van der Waals surface area contributed by atoms with Crippen LogP contribution in [0.5, 0.6) is 0 Å². The van der Waals surface area contributed by atoms with Crippen LogP contribution in [0.25, 0.3) is 0 Å². The van der Waals surface area contributed by atoms with Gasteiger partial charge in [-0.1, -0.05) is 30.3 Å². The summed E-state index contributed by atoms with van der Waals surface area (Å²) in [4.78, 5) is 4.70. The van der Waals surface area contributed by atoms with Crippen molar-refractivity contribution in [2.75, 3.05) is 13.2 Å². The molecule has 3 nitrogen and oxygen atoms in total. The van der Waals surface area contributed by atoms with E-state index < -0.39 is 0 Å². The van der Waals surface area contributed by atoms with Crippen molar-refractivity contribution < 1.29 is 4.74 Å². The SMILES string of the molecule is c1ccc(C[C@H]2COC([C@@H]3CCCN3)=N2)cc1. The molecule has 0 spiro atoms. The molecule has 2 aliphatic rings. The quantitative estimate of drug-likeness (QED) is 0.858. The zero-order valence-corrected chi connectivity index (χ0v) is 9.93. The lowest BCUT2D eigenvalue weighted by molar-refractivity contribution is 0.302. The minimum absolute atomic E-state index is 0.301. The summed E-state index contributed by atoms with van der Waals surface area (Å²) in [5, 5.41) is 3.43. The summed E-state index contributed by atoms with van der Waals surface area (Å²) in [5.74, 6) is 0.934. The van der Waals surface area contributed by atoms with Crippen LogP contribution in [0.4, 0.5) is 0 Å². The van der Waals surface area contributed by atoms with E-state index in [2.05, 4.69) is 29.6 Å². The van der Waals surface area contributed by atoms with Crippen LogP contribution in [0.1, 0.15) is 18.4 Å². The lowest BCUT2D eigenvalue weighted by Gasteiger charge is -2.08. The molecule has 1 fully saturated rings. The molecule has 0 bridgehead atoms. The average molecular weight is 230 g/mol. The molecule has 2 heterocycles. The van der Waals surface area contributed by atoms with Gasteiger partial charge in [0, 0.05) is 0 Å². The van der Waals surface area contributed by atoms with Crippen LogP contribution >= 0.6 is 0 Å². The Morgan fingerprint density at radius 1 is 1.29 bits per heavy atom. The van der Waals surface area contributed by atoms with E-state index >= 15 is 0 Å². The van der Waals surface area contributed by atoms with Crippen molar-refractivity contribution in [2.24, 2.45) is 4.99 Å². The maximum absolute atomic E-state index is 5.71. The van der Waals surface area contributed by atoms with Gasteiger partial charge in [-0.3, -0.25) is 0 Å². The first-order valence-corrected chi connectivity index (χ1v) is 6.39. The van der Waals surface area contributed by atoms with Gasteiger partial charge >= 0.3 is 0 Å². The molecule has 0 amide bonds. The lowest BCUT2D eigenvalue weighted by Crippen LogP contribution is -2.30. The summed E-state index contributed by atoms with van der Waals surface area (Å²) >= 11 is 0. The van der Waals surface area contributed by atoms with Crippen molar-refractivity contribution in [1.29, 1.82) is 0 Å². The second-order valence-electron chi connectivity index (χ2n) is 4.77. The summed E-state index contributed by atoms with van der Waals surface area (Å²) in [6.45, 7) is 1.83. The third kappa shape index (κ3) is 2.50. The zero-order chi connectivity index (χ0) is 11.5. The largest absolute Gasteiger partial charge is 0.478 e. The summed E-state index contributed by atoms with van der Waals surface area (Å²) in [7, 11) is 0. The van der Waals surface area contributed by atoms with Crippen LogP contribution in [-0.4, -0.2) is 31.1 Å². The van der Waals surface area contributed by atoms with E-state index in [9.17, 15) is 0 Å². The Morgan fingerprint density at radius 2 is 2.18 bits per heavy atom. The highest BCUT2D eigenvalue weighted by Gasteiger charge is 2.27. The summed E-state index contributed by atoms with van der Waals surface area (Å²) in [6.07, 6.45) is 3.38. The van der Waals surface area contributed by atoms with E-state index in [-0.39, 0.29) is 0 Å². The first-order chi connectivity index (χ1) is 8.42. The predicted molar refractivity (Wildman–Crippen MR) is 68.3 cm³/mol. The number of benzene rings is 1. The molecule has 0 saturated carbocycles. The molecule has 0 aliphatic carbocycles. The molecule has 3 rings (SSSR count). The molecule has 1 saturated heterocycles. The minimum Gasteiger partial charge on any atom is -0.478 e. The van der Waals surface area contributed by atoms with E-state index in [1.807, 2.05) is 6.07 Å². The van der Waals surface area contributed by atoms with Crippen LogP contribution in [0.2, 0.25) is 0 Å². The monoisotopic (exact) mass is 230 g/mol. The molecule has 1 aromatic carbocycles. The van der Waals surface area contributed by atoms with E-state index in [0.717, 1.165) is 31.9 Å². The van der Waals surface area contributed by atoms with E-state index in [0.29, 0.717) is 12.1 Å². The minimum atomic E-state index is 0.301. The highest BCUT2D eigenvalue weighted by molar-refractivity contribution is 5.83. The highest BCUT2D eigenvalue weighted by Crippen LogP contribution is 2.16. The van der Waals surface area contributed by atoms with Gasteiger partial charge in [0.05, 0.1) is 12.1 Å². The molecule has 90 valence electrons. The van der Waals surface area contributed by atoms with Crippen LogP contribution in [0.3, 0.4) is 0 Å². The zero-order valence-electron chi connectivity index (χ0n) is 9.93. The van der Waals surface area contributed by atoms with Gasteiger partial charge in [0.15, 0.2) is 0 Å². The van der Waals surface area contributed by atoms with Crippen molar-refractivity contribution in [3.05, 3.63) is 35.9 Å². The van der Waals surface area contributed by atoms with Crippen molar-refractivity contribution in [3.63, 3.8) is 0 Å². The maximum Gasteiger partial charge on any atom is 0.201 e. The normalized spacial score (nSPS) is 27.9. The maximum atomic E-state index is 5.71. The average Bonchev–Trinajstić information content (AvgIpc) is 3.00. The number of rotatable bonds is 3. The fraction of sp³-hybridized carbons (Fsp3) is 0.500. The molecule has 0 radical (unpaired) electrons. The van der Waals surface area contributed by atoms with E-state index in [4.69, 9.17) is 9.73 Å². The van der Waals surface area contributed by atoms with Crippen LogP contribution < -0.4 is 5.32 Å². The molecule has 2 atom stereocenters. The van der Waals surface area contributed by atoms with Crippen LogP contribution in [0.15, 0.2) is 35.3 Å². The molecule has 0 unspecified atom stereocenters. The van der Waals surface area contributed by atoms with Gasteiger partial charge in [-0.05, 0) is 31.4 Å². The Labute approximate surface area is 102 Å². The number of hydrogen-bond donors (Lipinski definition) is 1. The van der Waals surface area contributed by atoms with Crippen LogP contribution in [0, 0.1) is 0 Å². The van der Waals surface area contributed by atoms with E-state index in [1.54, 1.807) is 0 Å². The Kier molecular flexibility index (Phi) is 3.10. The first kappa shape index (κ1) is 10.8. The van der Waals surface area contributed by atoms with Gasteiger partial charge in [0.2, 0.25) is 5.90 Å². The van der Waals surface area contributed by atoms with Gasteiger partial charge in [-0.15, -0.1) is 0 Å². The molecule has 3 heteroatoms. The molecule has 1 aromatic rings. The third-order valence-electron chi connectivity index (χ3n) is 3.41. The first-order valence-electron chi connectivity index (χ1n) is 6.39. The Morgan fingerprint density at radius 3 is 2.94 bits per heavy atom. The fourth-order valence-corrected chi connectivity index (χ4v) is 2.51. The number of nitrogens with zero attached hydrogens (tertiary/aromatic N) is 1. The Hall–Kier alpha value is -1.35. The van der Waals surface area contributed by atoms with Crippen molar-refractivity contribution in [2.45, 2.75) is 31.3 Å². The smallest absolute Gasteiger partial charge is 0.201 e. The molecule has 17 heavy (non-hydrogen) atoms. The van der Waals surface area contributed by atoms with E-state index in [1.165, 1.54) is 12.0 Å². The molecular formula is C14H18N2O. The van der Waals surface area contributed by atoms with Crippen molar-refractivity contribution >= 4 is 5.90 Å². The second kappa shape index (κ2) is 4.88. The van der Waals surface area contributed by atoms with Gasteiger partial charge in [0.1, 0.15) is 6.61 Å². The number of hydrogen-bond acceptors (Lipinski definition) is 3. The van der Waals surface area contributed by atoms with Gasteiger partial charge in [0.25, 0.3) is 0 Å². The molecule has 2 aliphatic heterocycles. The molecular weight excluding hydrogens is 212 g/mol. The fourth-order valence-electron chi connectivity index (χ4n) is 2.51. The lowest BCUT2D eigenvalue weighted by atomic mass is 10.1. The standard InChI is InChI=1S/C14H18N2O/c1-2-5-11(6-3-1)9-12-10-17-14(16-12)13-7-4-8-15-13/h1-3,5-6,12-13,15H,4,7-10H2/t12-,13-/m0/s1. The summed E-state index contributed by atoms with van der Waals surface area (Å²) in [6, 6.07) is 11.2. The predicted octanol–water partition coefficient (Wildman–Crippen LogP) is 1.78. The topological polar surface area (TPSA) is 33.6 Å². The molecule has 1 N–H and O–H groups in total. The molecule has 0 aromatic heterocycles. The van der Waals surface area contributed by atoms with Gasteiger partial charge in [-0.25, -0.2) is 4.99 Å². The second-order valence-corrected chi connectivity index (χ2v) is 4.77. The number of nitrogens with one attached hydrogen (secondary N) is 1.